The van der Waals surface area contributed by atoms with Crippen molar-refractivity contribution in [3.63, 3.8) is 0 Å². The van der Waals surface area contributed by atoms with Crippen molar-refractivity contribution in [2.75, 3.05) is 39.4 Å². The van der Waals surface area contributed by atoms with Gasteiger partial charge in [-0.2, -0.15) is 0 Å². The van der Waals surface area contributed by atoms with Gasteiger partial charge in [-0.1, -0.05) is 54.1 Å². The lowest BCUT2D eigenvalue weighted by molar-refractivity contribution is 0.0339. The van der Waals surface area contributed by atoms with E-state index in [2.05, 4.69) is 60.4 Å². The number of benzene rings is 2. The number of carbonyl (C=O) groups is 1. The highest BCUT2D eigenvalue weighted by Crippen LogP contribution is 2.28. The van der Waals surface area contributed by atoms with Crippen LogP contribution in [-0.4, -0.2) is 60.1 Å². The first kappa shape index (κ1) is 23.7. The average Bonchev–Trinajstić information content (AvgIpc) is 2.89. The van der Waals surface area contributed by atoms with Crippen molar-refractivity contribution in [1.82, 2.24) is 14.8 Å². The number of piperidine rings is 1. The minimum Gasteiger partial charge on any atom is -0.379 e. The smallest absolute Gasteiger partial charge is 0.254 e. The Bertz CT molecular complexity index is 1160. The van der Waals surface area contributed by atoms with E-state index in [1.165, 1.54) is 11.1 Å². The molecule has 0 spiro atoms. The quantitative estimate of drug-likeness (QED) is 0.519. The first-order valence-electron chi connectivity index (χ1n) is 12.8. The zero-order valence-electron chi connectivity index (χ0n) is 20.7. The molecule has 0 bridgehead atoms. The van der Waals surface area contributed by atoms with Crippen molar-refractivity contribution in [3.05, 3.63) is 100 Å². The predicted octanol–water partition coefficient (Wildman–Crippen LogP) is 4.83. The second kappa shape index (κ2) is 11.1. The van der Waals surface area contributed by atoms with Crippen LogP contribution in [0.1, 0.15) is 57.2 Å². The van der Waals surface area contributed by atoms with Gasteiger partial charge in [0.15, 0.2) is 0 Å². The summed E-state index contributed by atoms with van der Waals surface area (Å²) < 4.78 is 5.49. The number of morpholine rings is 1. The van der Waals surface area contributed by atoms with Gasteiger partial charge < -0.3 is 9.64 Å². The summed E-state index contributed by atoms with van der Waals surface area (Å²) in [6, 6.07) is 23.1. The Labute approximate surface area is 208 Å². The largest absolute Gasteiger partial charge is 0.379 e. The molecule has 182 valence electrons. The van der Waals surface area contributed by atoms with Crippen molar-refractivity contribution in [1.29, 1.82) is 0 Å². The Morgan fingerprint density at radius 2 is 1.83 bits per heavy atom. The molecular formula is C30H35N3O2. The molecule has 1 amide bonds. The molecule has 2 fully saturated rings. The number of ether oxygens (including phenoxy) is 1. The Morgan fingerprint density at radius 1 is 1.00 bits per heavy atom. The van der Waals surface area contributed by atoms with Gasteiger partial charge >= 0.3 is 0 Å². The Morgan fingerprint density at radius 3 is 2.69 bits per heavy atom. The second-order valence-corrected chi connectivity index (χ2v) is 9.86. The normalized spacial score (nSPS) is 19.0. The zero-order valence-corrected chi connectivity index (χ0v) is 20.7. The Balaban J connectivity index is 1.29. The fourth-order valence-electron chi connectivity index (χ4n) is 5.30. The van der Waals surface area contributed by atoms with Gasteiger partial charge in [0, 0.05) is 62.0 Å². The molecule has 0 N–H and O–H groups in total. The molecule has 0 radical (unpaired) electrons. The van der Waals surface area contributed by atoms with Crippen LogP contribution in [-0.2, 0) is 17.7 Å². The number of hydrogen-bond donors (Lipinski definition) is 0. The standard InChI is InChI=1S/C30H35N3O2/c1-23-7-4-8-24(19-23)20-27-11-5-13-29(31-27)26-10-6-14-33(22-26)30(34)28-12-3-2-9-25(28)21-32-15-17-35-18-16-32/h2-5,7-9,11-13,19,26H,6,10,14-18,20-22H2,1H3/t26-/m1/s1. The molecule has 0 unspecified atom stereocenters. The third-order valence-electron chi connectivity index (χ3n) is 7.17. The average molecular weight is 470 g/mol. The van der Waals surface area contributed by atoms with Crippen molar-refractivity contribution >= 4 is 5.91 Å². The number of nitrogens with zero attached hydrogens (tertiary/aromatic N) is 3. The lowest BCUT2D eigenvalue weighted by atomic mass is 9.93. The van der Waals surface area contributed by atoms with Crippen molar-refractivity contribution in [2.24, 2.45) is 0 Å². The van der Waals surface area contributed by atoms with E-state index >= 15 is 0 Å². The van der Waals surface area contributed by atoms with E-state index in [1.54, 1.807) is 0 Å². The summed E-state index contributed by atoms with van der Waals surface area (Å²) in [7, 11) is 0. The lowest BCUT2D eigenvalue weighted by Crippen LogP contribution is -2.40. The SMILES string of the molecule is Cc1cccc(Cc2cccc([C@@H]3CCCN(C(=O)c4ccccc4CN4CCOCC4)C3)n2)c1. The van der Waals surface area contributed by atoms with E-state index in [0.717, 1.165) is 87.7 Å². The van der Waals surface area contributed by atoms with Crippen LogP contribution in [0, 0.1) is 6.92 Å². The van der Waals surface area contributed by atoms with Crippen LogP contribution in [0.15, 0.2) is 66.7 Å². The molecule has 2 aliphatic heterocycles. The van der Waals surface area contributed by atoms with Gasteiger partial charge in [-0.3, -0.25) is 14.7 Å². The Hall–Kier alpha value is -3.02. The maximum absolute atomic E-state index is 13.6. The summed E-state index contributed by atoms with van der Waals surface area (Å²) in [6.45, 7) is 7.82. The highest BCUT2D eigenvalue weighted by molar-refractivity contribution is 5.95. The first-order valence-corrected chi connectivity index (χ1v) is 12.8. The van der Waals surface area contributed by atoms with Crippen LogP contribution < -0.4 is 0 Å². The molecule has 5 rings (SSSR count). The van der Waals surface area contributed by atoms with Gasteiger partial charge in [0.1, 0.15) is 0 Å². The van der Waals surface area contributed by atoms with Crippen LogP contribution in [0.25, 0.3) is 0 Å². The third-order valence-corrected chi connectivity index (χ3v) is 7.17. The van der Waals surface area contributed by atoms with E-state index < -0.39 is 0 Å². The van der Waals surface area contributed by atoms with Crippen LogP contribution >= 0.6 is 0 Å². The molecule has 3 heterocycles. The fraction of sp³-hybridized carbons (Fsp3) is 0.400. The van der Waals surface area contributed by atoms with E-state index in [9.17, 15) is 4.79 Å². The third kappa shape index (κ3) is 5.98. The molecular weight excluding hydrogens is 434 g/mol. The summed E-state index contributed by atoms with van der Waals surface area (Å²) in [5.74, 6) is 0.422. The molecule has 2 saturated heterocycles. The lowest BCUT2D eigenvalue weighted by Gasteiger charge is -2.33. The number of aromatic nitrogens is 1. The fourth-order valence-corrected chi connectivity index (χ4v) is 5.30. The molecule has 1 aromatic heterocycles. The molecule has 1 atom stereocenters. The van der Waals surface area contributed by atoms with E-state index in [4.69, 9.17) is 9.72 Å². The summed E-state index contributed by atoms with van der Waals surface area (Å²) >= 11 is 0. The van der Waals surface area contributed by atoms with Crippen LogP contribution in [0.2, 0.25) is 0 Å². The number of amides is 1. The van der Waals surface area contributed by atoms with Gasteiger partial charge in [-0.05, 0) is 49.1 Å². The molecule has 5 heteroatoms. The van der Waals surface area contributed by atoms with Gasteiger partial charge in [-0.25, -0.2) is 0 Å². The second-order valence-electron chi connectivity index (χ2n) is 9.86. The first-order chi connectivity index (χ1) is 17.2. The van der Waals surface area contributed by atoms with E-state index in [0.29, 0.717) is 0 Å². The minimum atomic E-state index is 0.148. The molecule has 2 aromatic carbocycles. The summed E-state index contributed by atoms with van der Waals surface area (Å²) in [5.41, 5.74) is 6.70. The number of rotatable bonds is 6. The highest BCUT2D eigenvalue weighted by Gasteiger charge is 2.28. The molecule has 5 nitrogen and oxygen atoms in total. The Kier molecular flexibility index (Phi) is 7.55. The van der Waals surface area contributed by atoms with Gasteiger partial charge in [0.25, 0.3) is 5.91 Å². The predicted molar refractivity (Wildman–Crippen MR) is 139 cm³/mol. The molecule has 3 aromatic rings. The maximum atomic E-state index is 13.6. The number of pyridine rings is 1. The van der Waals surface area contributed by atoms with Crippen molar-refractivity contribution < 1.29 is 9.53 Å². The van der Waals surface area contributed by atoms with Crippen LogP contribution in [0.3, 0.4) is 0 Å². The molecule has 0 aliphatic carbocycles. The number of hydrogen-bond acceptors (Lipinski definition) is 4. The van der Waals surface area contributed by atoms with Gasteiger partial charge in [0.2, 0.25) is 0 Å². The molecule has 0 saturated carbocycles. The summed E-state index contributed by atoms with van der Waals surface area (Å²) in [5, 5.41) is 0. The van der Waals surface area contributed by atoms with Crippen molar-refractivity contribution in [2.45, 2.75) is 38.6 Å². The summed E-state index contributed by atoms with van der Waals surface area (Å²) in [6.07, 6.45) is 2.91. The number of carbonyl (C=O) groups excluding carboxylic acids is 1. The van der Waals surface area contributed by atoms with Crippen molar-refractivity contribution in [3.8, 4) is 0 Å². The molecule has 2 aliphatic rings. The monoisotopic (exact) mass is 469 g/mol. The van der Waals surface area contributed by atoms with Gasteiger partial charge in [-0.15, -0.1) is 0 Å². The minimum absolute atomic E-state index is 0.148. The van der Waals surface area contributed by atoms with Crippen LogP contribution in [0.5, 0.6) is 0 Å². The van der Waals surface area contributed by atoms with Gasteiger partial charge in [0.05, 0.1) is 13.2 Å². The van der Waals surface area contributed by atoms with E-state index in [1.807, 2.05) is 23.1 Å². The maximum Gasteiger partial charge on any atom is 0.254 e. The highest BCUT2D eigenvalue weighted by atomic mass is 16.5. The topological polar surface area (TPSA) is 45.7 Å². The van der Waals surface area contributed by atoms with E-state index in [-0.39, 0.29) is 11.8 Å². The summed E-state index contributed by atoms with van der Waals surface area (Å²) in [4.78, 5) is 23.1. The molecule has 35 heavy (non-hydrogen) atoms. The van der Waals surface area contributed by atoms with Crippen LogP contribution in [0.4, 0.5) is 0 Å². The zero-order chi connectivity index (χ0) is 24.0. The number of likely N-dealkylation sites (tertiary alicyclic amines) is 1. The number of aryl methyl sites for hydroxylation is 1.